The van der Waals surface area contributed by atoms with Gasteiger partial charge in [-0.2, -0.15) is 0 Å². The third kappa shape index (κ3) is 1.30. The van der Waals surface area contributed by atoms with Crippen molar-refractivity contribution in [3.05, 3.63) is 28.8 Å². The maximum absolute atomic E-state index is 6.10. The summed E-state index contributed by atoms with van der Waals surface area (Å²) < 4.78 is 0. The van der Waals surface area contributed by atoms with Gasteiger partial charge < -0.3 is 10.6 Å². The molecule has 2 rings (SSSR count). The van der Waals surface area contributed by atoms with Gasteiger partial charge in [0.1, 0.15) is 0 Å². The van der Waals surface area contributed by atoms with Crippen LogP contribution in [0, 0.1) is 0 Å². The van der Waals surface area contributed by atoms with E-state index in [1.54, 1.807) is 0 Å². The minimum absolute atomic E-state index is 0.443. The molecule has 0 aliphatic carbocycles. The van der Waals surface area contributed by atoms with Crippen molar-refractivity contribution in [2.75, 3.05) is 25.0 Å². The zero-order chi connectivity index (χ0) is 9.42. The van der Waals surface area contributed by atoms with Gasteiger partial charge in [0.05, 0.1) is 10.7 Å². The molecule has 1 atom stereocenters. The van der Waals surface area contributed by atoms with E-state index >= 15 is 0 Å². The highest BCUT2D eigenvalue weighted by molar-refractivity contribution is 6.33. The highest BCUT2D eigenvalue weighted by atomic mass is 35.5. The van der Waals surface area contributed by atoms with Crippen molar-refractivity contribution in [1.82, 2.24) is 0 Å². The third-order valence-corrected chi connectivity index (χ3v) is 2.92. The fourth-order valence-electron chi connectivity index (χ4n) is 1.99. The molecule has 0 aromatic heterocycles. The first-order chi connectivity index (χ1) is 6.24. The first kappa shape index (κ1) is 8.85. The topological polar surface area (TPSA) is 29.3 Å². The summed E-state index contributed by atoms with van der Waals surface area (Å²) in [6, 6.07) is 6.03. The van der Waals surface area contributed by atoms with Crippen molar-refractivity contribution in [2.45, 2.75) is 5.92 Å². The van der Waals surface area contributed by atoms with Crippen molar-refractivity contribution in [2.24, 2.45) is 5.73 Å². The predicted molar refractivity (Wildman–Crippen MR) is 56.5 cm³/mol. The van der Waals surface area contributed by atoms with Gasteiger partial charge in [0, 0.05) is 26.1 Å². The number of hydrogen-bond acceptors (Lipinski definition) is 2. The van der Waals surface area contributed by atoms with Crippen LogP contribution in [0.4, 0.5) is 5.69 Å². The van der Waals surface area contributed by atoms with Crippen molar-refractivity contribution in [3.8, 4) is 0 Å². The van der Waals surface area contributed by atoms with Crippen molar-refractivity contribution >= 4 is 17.3 Å². The van der Waals surface area contributed by atoms with Gasteiger partial charge in [-0.15, -0.1) is 0 Å². The summed E-state index contributed by atoms with van der Waals surface area (Å²) in [5, 5.41) is 0.830. The molecule has 0 saturated heterocycles. The summed E-state index contributed by atoms with van der Waals surface area (Å²) in [5.41, 5.74) is 8.13. The van der Waals surface area contributed by atoms with Crippen molar-refractivity contribution in [3.63, 3.8) is 0 Å². The lowest BCUT2D eigenvalue weighted by molar-refractivity contribution is 0.730. The van der Waals surface area contributed by atoms with E-state index in [1.807, 2.05) is 12.1 Å². The fraction of sp³-hybridized carbons (Fsp3) is 0.400. The molecule has 0 amide bonds. The molecular formula is C10H13ClN2. The Hall–Kier alpha value is -0.730. The lowest BCUT2D eigenvalue weighted by atomic mass is 10.0. The maximum atomic E-state index is 6.10. The van der Waals surface area contributed by atoms with Gasteiger partial charge in [-0.3, -0.25) is 0 Å². The van der Waals surface area contributed by atoms with E-state index < -0.39 is 0 Å². The van der Waals surface area contributed by atoms with Gasteiger partial charge in [-0.1, -0.05) is 23.7 Å². The SMILES string of the molecule is CN1CC(CN)c2cccc(Cl)c21. The number of likely N-dealkylation sites (N-methyl/N-ethyl adjacent to an activating group) is 1. The van der Waals surface area contributed by atoms with Gasteiger partial charge in [0.2, 0.25) is 0 Å². The molecule has 0 spiro atoms. The zero-order valence-electron chi connectivity index (χ0n) is 7.63. The lowest BCUT2D eigenvalue weighted by Crippen LogP contribution is -2.20. The Balaban J connectivity index is 2.51. The third-order valence-electron chi connectivity index (χ3n) is 2.62. The predicted octanol–water partition coefficient (Wildman–Crippen LogP) is 1.83. The number of anilines is 1. The second kappa shape index (κ2) is 3.20. The number of fused-ring (bicyclic) bond motifs is 1. The molecule has 1 aromatic carbocycles. The summed E-state index contributed by atoms with van der Waals surface area (Å²) in [6.07, 6.45) is 0. The highest BCUT2D eigenvalue weighted by Gasteiger charge is 2.26. The van der Waals surface area contributed by atoms with Crippen LogP contribution in [-0.2, 0) is 0 Å². The Kier molecular flexibility index (Phi) is 2.18. The number of nitrogens with two attached hydrogens (primary N) is 1. The Morgan fingerprint density at radius 3 is 3.08 bits per heavy atom. The summed E-state index contributed by atoms with van der Waals surface area (Å²) in [4.78, 5) is 2.18. The van der Waals surface area contributed by atoms with E-state index in [0.29, 0.717) is 12.5 Å². The van der Waals surface area contributed by atoms with Crippen LogP contribution in [-0.4, -0.2) is 20.1 Å². The van der Waals surface area contributed by atoms with Gasteiger partial charge in [0.15, 0.2) is 0 Å². The number of hydrogen-bond donors (Lipinski definition) is 1. The van der Waals surface area contributed by atoms with Crippen LogP contribution in [0.1, 0.15) is 11.5 Å². The molecule has 0 bridgehead atoms. The van der Waals surface area contributed by atoms with Crippen LogP contribution in [0.3, 0.4) is 0 Å². The molecule has 1 unspecified atom stereocenters. The molecule has 1 aromatic rings. The number of nitrogens with zero attached hydrogens (tertiary/aromatic N) is 1. The van der Waals surface area contributed by atoms with E-state index in [-0.39, 0.29) is 0 Å². The molecule has 70 valence electrons. The normalized spacial score (nSPS) is 20.5. The Bertz CT molecular complexity index is 325. The largest absolute Gasteiger partial charge is 0.372 e. The van der Waals surface area contributed by atoms with E-state index in [2.05, 4.69) is 18.0 Å². The first-order valence-electron chi connectivity index (χ1n) is 4.43. The molecule has 0 saturated carbocycles. The summed E-state index contributed by atoms with van der Waals surface area (Å²) in [5.74, 6) is 0.443. The maximum Gasteiger partial charge on any atom is 0.0642 e. The second-order valence-electron chi connectivity index (χ2n) is 3.49. The smallest absolute Gasteiger partial charge is 0.0642 e. The summed E-state index contributed by atoms with van der Waals surface area (Å²) in [7, 11) is 2.06. The Morgan fingerprint density at radius 2 is 2.38 bits per heavy atom. The van der Waals surface area contributed by atoms with Crippen LogP contribution >= 0.6 is 11.6 Å². The van der Waals surface area contributed by atoms with Crippen LogP contribution < -0.4 is 10.6 Å². The quantitative estimate of drug-likeness (QED) is 0.743. The lowest BCUT2D eigenvalue weighted by Gasteiger charge is -2.12. The minimum Gasteiger partial charge on any atom is -0.372 e. The van der Waals surface area contributed by atoms with E-state index in [1.165, 1.54) is 5.56 Å². The van der Waals surface area contributed by atoms with Crippen molar-refractivity contribution < 1.29 is 0 Å². The Labute approximate surface area is 83.3 Å². The number of benzene rings is 1. The molecule has 1 aliphatic heterocycles. The molecule has 0 radical (unpaired) electrons. The van der Waals surface area contributed by atoms with Gasteiger partial charge >= 0.3 is 0 Å². The van der Waals surface area contributed by atoms with Gasteiger partial charge in [0.25, 0.3) is 0 Å². The van der Waals surface area contributed by atoms with Crippen LogP contribution in [0.15, 0.2) is 18.2 Å². The van der Waals surface area contributed by atoms with Gasteiger partial charge in [-0.25, -0.2) is 0 Å². The standard InChI is InChI=1S/C10H13ClN2/c1-13-6-7(5-12)8-3-2-4-9(11)10(8)13/h2-4,7H,5-6,12H2,1H3. The number of para-hydroxylation sites is 1. The Morgan fingerprint density at radius 1 is 1.62 bits per heavy atom. The first-order valence-corrected chi connectivity index (χ1v) is 4.81. The van der Waals surface area contributed by atoms with E-state index in [9.17, 15) is 0 Å². The van der Waals surface area contributed by atoms with E-state index in [0.717, 1.165) is 17.3 Å². The van der Waals surface area contributed by atoms with Crippen molar-refractivity contribution in [1.29, 1.82) is 0 Å². The fourth-order valence-corrected chi connectivity index (χ4v) is 2.31. The molecule has 2 N–H and O–H groups in total. The molecule has 2 nitrogen and oxygen atoms in total. The summed E-state index contributed by atoms with van der Waals surface area (Å²) >= 11 is 6.10. The number of rotatable bonds is 1. The summed E-state index contributed by atoms with van der Waals surface area (Å²) in [6.45, 7) is 1.67. The van der Waals surface area contributed by atoms with Gasteiger partial charge in [-0.05, 0) is 11.6 Å². The monoisotopic (exact) mass is 196 g/mol. The molecular weight excluding hydrogens is 184 g/mol. The van der Waals surface area contributed by atoms with Crippen LogP contribution in [0.2, 0.25) is 5.02 Å². The van der Waals surface area contributed by atoms with Crippen LogP contribution in [0.25, 0.3) is 0 Å². The average Bonchev–Trinajstić information content (AvgIpc) is 2.44. The van der Waals surface area contributed by atoms with Crippen LogP contribution in [0.5, 0.6) is 0 Å². The molecule has 13 heavy (non-hydrogen) atoms. The zero-order valence-corrected chi connectivity index (χ0v) is 8.38. The average molecular weight is 197 g/mol. The highest BCUT2D eigenvalue weighted by Crippen LogP contribution is 2.39. The van der Waals surface area contributed by atoms with E-state index in [4.69, 9.17) is 17.3 Å². The minimum atomic E-state index is 0.443. The molecule has 1 heterocycles. The second-order valence-corrected chi connectivity index (χ2v) is 3.90. The number of halogens is 1. The molecule has 3 heteroatoms. The molecule has 0 fully saturated rings. The molecule has 1 aliphatic rings.